The Balaban J connectivity index is 2.03. The maximum Gasteiger partial charge on any atom is 0.319 e. The largest absolute Gasteiger partial charge is 0.396 e. The second kappa shape index (κ2) is 7.51. The Labute approximate surface area is 126 Å². The second-order valence-corrected chi connectivity index (χ2v) is 4.70. The number of urea groups is 1. The van der Waals surface area contributed by atoms with Crippen molar-refractivity contribution in [2.45, 2.75) is 12.5 Å². The number of anilines is 1. The first-order valence-electron chi connectivity index (χ1n) is 6.78. The number of amides is 2. The van der Waals surface area contributed by atoms with Crippen molar-refractivity contribution in [1.82, 2.24) is 5.32 Å². The van der Waals surface area contributed by atoms with Gasteiger partial charge in [-0.2, -0.15) is 0 Å². The number of carbonyl (C=O) groups is 1. The lowest BCUT2D eigenvalue weighted by Gasteiger charge is -2.18. The first-order valence-corrected chi connectivity index (χ1v) is 6.78. The Morgan fingerprint density at radius 2 is 1.82 bits per heavy atom. The van der Waals surface area contributed by atoms with Crippen LogP contribution in [0.15, 0.2) is 48.5 Å². The van der Waals surface area contributed by atoms with E-state index >= 15 is 0 Å². The summed E-state index contributed by atoms with van der Waals surface area (Å²) in [5.74, 6) is -2.01. The van der Waals surface area contributed by atoms with Crippen LogP contribution in [0.1, 0.15) is 18.0 Å². The molecule has 0 aliphatic carbocycles. The number of halogens is 2. The maximum atomic E-state index is 13.1. The summed E-state index contributed by atoms with van der Waals surface area (Å²) in [5, 5.41) is 14.2. The summed E-state index contributed by atoms with van der Waals surface area (Å²) in [6.45, 7) is -0.0922. The number of benzene rings is 2. The third kappa shape index (κ3) is 4.26. The van der Waals surface area contributed by atoms with Gasteiger partial charge in [0.15, 0.2) is 11.6 Å². The molecule has 2 aromatic rings. The van der Waals surface area contributed by atoms with E-state index in [9.17, 15) is 13.6 Å². The summed E-state index contributed by atoms with van der Waals surface area (Å²) in [4.78, 5) is 11.9. The fraction of sp³-hybridized carbons (Fsp3) is 0.188. The Morgan fingerprint density at radius 1 is 1.09 bits per heavy atom. The molecule has 2 rings (SSSR count). The van der Waals surface area contributed by atoms with Gasteiger partial charge in [-0.1, -0.05) is 30.3 Å². The number of hydrogen-bond donors (Lipinski definition) is 3. The Bertz CT molecular complexity index is 635. The van der Waals surface area contributed by atoms with Crippen LogP contribution in [0.5, 0.6) is 0 Å². The molecule has 4 nitrogen and oxygen atoms in total. The van der Waals surface area contributed by atoms with Crippen LogP contribution < -0.4 is 10.6 Å². The van der Waals surface area contributed by atoms with Crippen LogP contribution in [0, 0.1) is 11.6 Å². The van der Waals surface area contributed by atoms with Gasteiger partial charge in [0, 0.05) is 18.4 Å². The van der Waals surface area contributed by atoms with Crippen molar-refractivity contribution < 1.29 is 18.7 Å². The number of carbonyl (C=O) groups excluding carboxylic acids is 1. The van der Waals surface area contributed by atoms with Gasteiger partial charge >= 0.3 is 6.03 Å². The van der Waals surface area contributed by atoms with Crippen molar-refractivity contribution in [3.63, 3.8) is 0 Å². The van der Waals surface area contributed by atoms with E-state index in [1.165, 1.54) is 6.07 Å². The summed E-state index contributed by atoms with van der Waals surface area (Å²) in [7, 11) is 0. The summed E-state index contributed by atoms with van der Waals surface area (Å²) in [5.41, 5.74) is 0.990. The van der Waals surface area contributed by atoms with Crippen LogP contribution in [0.3, 0.4) is 0 Å². The molecular weight excluding hydrogens is 290 g/mol. The number of nitrogens with one attached hydrogen (secondary N) is 2. The molecule has 1 atom stereocenters. The molecule has 0 aromatic heterocycles. The lowest BCUT2D eigenvalue weighted by Crippen LogP contribution is -2.33. The highest BCUT2D eigenvalue weighted by Crippen LogP contribution is 2.17. The lowest BCUT2D eigenvalue weighted by atomic mass is 10.0. The zero-order valence-corrected chi connectivity index (χ0v) is 11.7. The molecule has 0 aliphatic heterocycles. The maximum absolute atomic E-state index is 13.1. The molecular formula is C16H16F2N2O2. The van der Waals surface area contributed by atoms with Gasteiger partial charge in [-0.25, -0.2) is 13.6 Å². The van der Waals surface area contributed by atoms with Crippen molar-refractivity contribution in [3.05, 3.63) is 65.7 Å². The molecule has 0 fully saturated rings. The summed E-state index contributed by atoms with van der Waals surface area (Å²) >= 11 is 0. The highest BCUT2D eigenvalue weighted by atomic mass is 19.2. The van der Waals surface area contributed by atoms with E-state index < -0.39 is 17.7 Å². The van der Waals surface area contributed by atoms with Gasteiger partial charge in [0.05, 0.1) is 6.04 Å². The third-order valence-corrected chi connectivity index (χ3v) is 3.10. The Hall–Kier alpha value is -2.47. The van der Waals surface area contributed by atoms with Crippen molar-refractivity contribution in [2.24, 2.45) is 0 Å². The minimum atomic E-state index is -1.03. The zero-order valence-electron chi connectivity index (χ0n) is 11.7. The van der Waals surface area contributed by atoms with Crippen LogP contribution >= 0.6 is 0 Å². The van der Waals surface area contributed by atoms with Gasteiger partial charge in [0.2, 0.25) is 0 Å². The lowest BCUT2D eigenvalue weighted by molar-refractivity contribution is 0.239. The molecule has 22 heavy (non-hydrogen) atoms. The van der Waals surface area contributed by atoms with Gasteiger partial charge in [-0.05, 0) is 24.1 Å². The molecule has 2 aromatic carbocycles. The molecule has 0 spiro atoms. The average Bonchev–Trinajstić information content (AvgIpc) is 2.51. The molecule has 3 N–H and O–H groups in total. The van der Waals surface area contributed by atoms with Crippen LogP contribution in [0.2, 0.25) is 0 Å². The van der Waals surface area contributed by atoms with E-state index in [-0.39, 0.29) is 18.3 Å². The van der Waals surface area contributed by atoms with Gasteiger partial charge in [0.1, 0.15) is 0 Å². The standard InChI is InChI=1S/C16H16F2N2O2/c17-13-7-6-12(10-14(13)18)19-16(22)20-15(8-9-21)11-4-2-1-3-5-11/h1-7,10,15,21H,8-9H2,(H2,19,20,22)/t15-/m1/s1. The molecule has 0 saturated carbocycles. The minimum absolute atomic E-state index is 0.0922. The minimum Gasteiger partial charge on any atom is -0.396 e. The molecule has 0 aliphatic rings. The van der Waals surface area contributed by atoms with Crippen molar-refractivity contribution >= 4 is 11.7 Å². The molecule has 0 bridgehead atoms. The molecule has 2 amide bonds. The molecule has 0 unspecified atom stereocenters. The molecule has 0 radical (unpaired) electrons. The van der Waals surface area contributed by atoms with Crippen LogP contribution in [0.4, 0.5) is 19.3 Å². The fourth-order valence-electron chi connectivity index (χ4n) is 2.04. The van der Waals surface area contributed by atoms with Gasteiger partial charge in [0.25, 0.3) is 0 Å². The summed E-state index contributed by atoms with van der Waals surface area (Å²) in [6.07, 6.45) is 0.342. The number of rotatable bonds is 5. The van der Waals surface area contributed by atoms with Crippen molar-refractivity contribution in [1.29, 1.82) is 0 Å². The van der Waals surface area contributed by atoms with E-state index in [2.05, 4.69) is 10.6 Å². The highest BCUT2D eigenvalue weighted by Gasteiger charge is 2.14. The summed E-state index contributed by atoms with van der Waals surface area (Å²) in [6, 6.07) is 11.3. The molecule has 0 saturated heterocycles. The van der Waals surface area contributed by atoms with Crippen LogP contribution in [-0.4, -0.2) is 17.7 Å². The monoisotopic (exact) mass is 306 g/mol. The highest BCUT2D eigenvalue weighted by molar-refractivity contribution is 5.89. The first kappa shape index (κ1) is 15.9. The van der Waals surface area contributed by atoms with E-state index in [1.807, 2.05) is 30.3 Å². The third-order valence-electron chi connectivity index (χ3n) is 3.10. The van der Waals surface area contributed by atoms with E-state index in [0.29, 0.717) is 6.42 Å². The van der Waals surface area contributed by atoms with Crippen molar-refractivity contribution in [3.8, 4) is 0 Å². The molecule has 6 heteroatoms. The topological polar surface area (TPSA) is 61.4 Å². The van der Waals surface area contributed by atoms with E-state index in [0.717, 1.165) is 17.7 Å². The molecule has 116 valence electrons. The van der Waals surface area contributed by atoms with Gasteiger partial charge in [-0.15, -0.1) is 0 Å². The number of aliphatic hydroxyl groups is 1. The quantitative estimate of drug-likeness (QED) is 0.794. The first-order chi connectivity index (χ1) is 10.6. The fourth-order valence-corrected chi connectivity index (χ4v) is 2.04. The Morgan fingerprint density at radius 3 is 2.45 bits per heavy atom. The second-order valence-electron chi connectivity index (χ2n) is 4.70. The Kier molecular flexibility index (Phi) is 5.43. The average molecular weight is 306 g/mol. The zero-order chi connectivity index (χ0) is 15.9. The smallest absolute Gasteiger partial charge is 0.319 e. The predicted molar refractivity (Wildman–Crippen MR) is 79.4 cm³/mol. The van der Waals surface area contributed by atoms with E-state index in [4.69, 9.17) is 5.11 Å². The van der Waals surface area contributed by atoms with E-state index in [1.54, 1.807) is 0 Å². The normalized spacial score (nSPS) is 11.8. The number of aliphatic hydroxyl groups excluding tert-OH is 1. The molecule has 0 heterocycles. The predicted octanol–water partition coefficient (Wildman–Crippen LogP) is 3.21. The van der Waals surface area contributed by atoms with Gasteiger partial charge in [-0.3, -0.25) is 0 Å². The van der Waals surface area contributed by atoms with Crippen LogP contribution in [0.25, 0.3) is 0 Å². The van der Waals surface area contributed by atoms with Gasteiger partial charge < -0.3 is 15.7 Å². The van der Waals surface area contributed by atoms with Crippen LogP contribution in [-0.2, 0) is 0 Å². The SMILES string of the molecule is O=C(Nc1ccc(F)c(F)c1)N[C@H](CCO)c1ccccc1. The number of hydrogen-bond acceptors (Lipinski definition) is 2. The summed E-state index contributed by atoms with van der Waals surface area (Å²) < 4.78 is 25.9. The van der Waals surface area contributed by atoms with Crippen molar-refractivity contribution in [2.75, 3.05) is 11.9 Å².